The maximum absolute atomic E-state index is 12.4. The third-order valence-electron chi connectivity index (χ3n) is 3.88. The largest absolute Gasteiger partial charge is 0.465 e. The van der Waals surface area contributed by atoms with Crippen molar-refractivity contribution in [3.05, 3.63) is 0 Å². The van der Waals surface area contributed by atoms with Gasteiger partial charge in [-0.3, -0.25) is 4.79 Å². The van der Waals surface area contributed by atoms with E-state index in [1.165, 1.54) is 6.04 Å². The normalized spacial score (nSPS) is 15.7. The van der Waals surface area contributed by atoms with Crippen molar-refractivity contribution in [3.8, 4) is 0 Å². The first-order valence-corrected chi connectivity index (χ1v) is 11.4. The highest BCUT2D eigenvalue weighted by atomic mass is 28.3. The van der Waals surface area contributed by atoms with Gasteiger partial charge in [0, 0.05) is 8.07 Å². The molecule has 19 heavy (non-hydrogen) atoms. The van der Waals surface area contributed by atoms with Crippen molar-refractivity contribution in [1.82, 2.24) is 0 Å². The zero-order chi connectivity index (χ0) is 15.3. The first-order valence-electron chi connectivity index (χ1n) is 7.66. The summed E-state index contributed by atoms with van der Waals surface area (Å²) in [7, 11) is -1.01. The second kappa shape index (κ2) is 7.46. The fourth-order valence-electron chi connectivity index (χ4n) is 2.34. The first kappa shape index (κ1) is 18.7. The maximum Gasteiger partial charge on any atom is 0.312 e. The highest BCUT2D eigenvalue weighted by molar-refractivity contribution is 6.76. The molecule has 0 saturated heterocycles. The van der Waals surface area contributed by atoms with Crippen molar-refractivity contribution in [3.63, 3.8) is 0 Å². The Hall–Kier alpha value is -0.313. The molecule has 1 unspecified atom stereocenters. The lowest BCUT2D eigenvalue weighted by atomic mass is 9.73. The van der Waals surface area contributed by atoms with E-state index in [1.807, 2.05) is 0 Å². The van der Waals surface area contributed by atoms with E-state index >= 15 is 0 Å². The van der Waals surface area contributed by atoms with Crippen LogP contribution in [0.1, 0.15) is 47.5 Å². The second-order valence-corrected chi connectivity index (χ2v) is 13.6. The molecule has 1 atom stereocenters. The summed E-state index contributed by atoms with van der Waals surface area (Å²) in [6.45, 7) is 18.3. The second-order valence-electron chi connectivity index (χ2n) is 7.97. The average molecular weight is 287 g/mol. The number of carbonyl (C=O) groups is 1. The molecular weight excluding hydrogens is 252 g/mol. The summed E-state index contributed by atoms with van der Waals surface area (Å²) in [5, 5.41) is 0. The van der Waals surface area contributed by atoms with Crippen molar-refractivity contribution >= 4 is 14.0 Å². The summed E-state index contributed by atoms with van der Waals surface area (Å²) in [6.07, 6.45) is 1.91. The molecule has 0 saturated carbocycles. The van der Waals surface area contributed by atoms with Crippen LogP contribution in [0, 0.1) is 17.3 Å². The summed E-state index contributed by atoms with van der Waals surface area (Å²) in [4.78, 5) is 12.4. The molecule has 0 fully saturated rings. The Morgan fingerprint density at radius 2 is 1.68 bits per heavy atom. The fraction of sp³-hybridized carbons (Fsp3) is 0.938. The monoisotopic (exact) mass is 286 g/mol. The molecule has 0 spiro atoms. The molecule has 0 amide bonds. The highest BCUT2D eigenvalue weighted by Gasteiger charge is 2.38. The van der Waals surface area contributed by atoms with Crippen molar-refractivity contribution in [2.24, 2.45) is 17.3 Å². The van der Waals surface area contributed by atoms with Gasteiger partial charge in [-0.2, -0.15) is 0 Å². The van der Waals surface area contributed by atoms with Crippen LogP contribution in [-0.4, -0.2) is 20.7 Å². The summed E-state index contributed by atoms with van der Waals surface area (Å²) >= 11 is 0. The lowest BCUT2D eigenvalue weighted by molar-refractivity contribution is -0.159. The number of ether oxygens (including phenoxy) is 1. The van der Waals surface area contributed by atoms with E-state index in [2.05, 4.69) is 54.3 Å². The van der Waals surface area contributed by atoms with Crippen LogP contribution in [0.15, 0.2) is 0 Å². The summed E-state index contributed by atoms with van der Waals surface area (Å²) < 4.78 is 5.55. The van der Waals surface area contributed by atoms with E-state index in [4.69, 9.17) is 4.74 Å². The van der Waals surface area contributed by atoms with Crippen molar-refractivity contribution in [2.75, 3.05) is 6.61 Å². The lowest BCUT2D eigenvalue weighted by Crippen LogP contribution is -2.36. The van der Waals surface area contributed by atoms with Crippen LogP contribution in [0.25, 0.3) is 0 Å². The van der Waals surface area contributed by atoms with E-state index in [1.54, 1.807) is 0 Å². The molecule has 0 aliphatic heterocycles. The molecule has 0 radical (unpaired) electrons. The van der Waals surface area contributed by atoms with Crippen LogP contribution in [0.4, 0.5) is 0 Å². The number of carbonyl (C=O) groups excluding carboxylic acids is 1. The first-order chi connectivity index (χ1) is 8.49. The van der Waals surface area contributed by atoms with E-state index in [0.717, 1.165) is 12.8 Å². The predicted octanol–water partition coefficient (Wildman–Crippen LogP) is 4.97. The van der Waals surface area contributed by atoms with Gasteiger partial charge in [0.1, 0.15) is 0 Å². The van der Waals surface area contributed by atoms with Gasteiger partial charge in [-0.05, 0) is 31.6 Å². The van der Waals surface area contributed by atoms with Crippen LogP contribution in [0.5, 0.6) is 0 Å². The highest BCUT2D eigenvalue weighted by Crippen LogP contribution is 2.35. The summed E-state index contributed by atoms with van der Waals surface area (Å²) in [6, 6.07) is 1.23. The minimum atomic E-state index is -1.01. The Bertz CT molecular complexity index is 279. The van der Waals surface area contributed by atoms with Gasteiger partial charge in [-0.15, -0.1) is 0 Å². The zero-order valence-electron chi connectivity index (χ0n) is 14.3. The van der Waals surface area contributed by atoms with Gasteiger partial charge >= 0.3 is 5.97 Å². The molecule has 0 aromatic rings. The number of rotatable bonds is 8. The van der Waals surface area contributed by atoms with Gasteiger partial charge in [0.05, 0.1) is 12.0 Å². The van der Waals surface area contributed by atoms with Crippen molar-refractivity contribution in [2.45, 2.75) is 73.1 Å². The van der Waals surface area contributed by atoms with E-state index in [-0.39, 0.29) is 11.4 Å². The van der Waals surface area contributed by atoms with Crippen molar-refractivity contribution < 1.29 is 9.53 Å². The predicted molar refractivity (Wildman–Crippen MR) is 86.1 cm³/mol. The van der Waals surface area contributed by atoms with Crippen molar-refractivity contribution in [1.29, 1.82) is 0 Å². The third-order valence-corrected chi connectivity index (χ3v) is 5.73. The van der Waals surface area contributed by atoms with Crippen LogP contribution < -0.4 is 0 Å². The molecule has 2 nitrogen and oxygen atoms in total. The van der Waals surface area contributed by atoms with Gasteiger partial charge < -0.3 is 4.74 Å². The van der Waals surface area contributed by atoms with Crippen LogP contribution in [0.3, 0.4) is 0 Å². The van der Waals surface area contributed by atoms with Gasteiger partial charge in [-0.25, -0.2) is 0 Å². The summed E-state index contributed by atoms with van der Waals surface area (Å²) in [5.74, 6) is 0.827. The van der Waals surface area contributed by atoms with E-state index in [0.29, 0.717) is 18.4 Å². The van der Waals surface area contributed by atoms with Gasteiger partial charge in [-0.1, -0.05) is 53.4 Å². The van der Waals surface area contributed by atoms with Crippen LogP contribution in [-0.2, 0) is 9.53 Å². The lowest BCUT2D eigenvalue weighted by Gasteiger charge is -2.33. The average Bonchev–Trinajstić information content (AvgIpc) is 2.21. The smallest absolute Gasteiger partial charge is 0.312 e. The fourth-order valence-corrected chi connectivity index (χ4v) is 3.54. The molecule has 0 bridgehead atoms. The van der Waals surface area contributed by atoms with Gasteiger partial charge in [0.25, 0.3) is 0 Å². The number of esters is 1. The quantitative estimate of drug-likeness (QED) is 0.358. The molecule has 0 aliphatic rings. The van der Waals surface area contributed by atoms with E-state index in [9.17, 15) is 4.79 Å². The molecule has 0 heterocycles. The Morgan fingerprint density at radius 1 is 1.16 bits per heavy atom. The van der Waals surface area contributed by atoms with Gasteiger partial charge in [0.15, 0.2) is 0 Å². The maximum atomic E-state index is 12.4. The third kappa shape index (κ3) is 7.14. The minimum absolute atomic E-state index is 0.00761. The zero-order valence-corrected chi connectivity index (χ0v) is 15.3. The Kier molecular flexibility index (Phi) is 7.34. The van der Waals surface area contributed by atoms with Crippen LogP contribution in [0.2, 0.25) is 25.7 Å². The molecule has 0 aliphatic carbocycles. The molecule has 0 aromatic carbocycles. The summed E-state index contributed by atoms with van der Waals surface area (Å²) in [5.41, 5.74) is -0.340. The molecular formula is C16H34O2Si. The topological polar surface area (TPSA) is 26.3 Å². The minimum Gasteiger partial charge on any atom is -0.465 e. The van der Waals surface area contributed by atoms with E-state index < -0.39 is 8.07 Å². The molecule has 0 aromatic heterocycles. The van der Waals surface area contributed by atoms with Crippen LogP contribution >= 0.6 is 0 Å². The Morgan fingerprint density at radius 3 is 2.05 bits per heavy atom. The molecule has 3 heteroatoms. The molecule has 0 rings (SSSR count). The number of hydrogen-bond donors (Lipinski definition) is 0. The molecule has 114 valence electrons. The number of hydrogen-bond acceptors (Lipinski definition) is 2. The Labute approximate surface area is 121 Å². The Balaban J connectivity index is 4.35. The SMILES string of the molecule is CC(C)CC(C)(C(=O)OCCC[Si](C)(C)C)C(C)C. The molecule has 0 N–H and O–H groups in total. The van der Waals surface area contributed by atoms with Gasteiger partial charge in [0.2, 0.25) is 0 Å². The standard InChI is InChI=1S/C16H34O2Si/c1-13(2)12-16(5,14(3)4)15(17)18-10-9-11-19(6,7)8/h13-14H,9-12H2,1-8H3.